The molecule has 0 atom stereocenters. The Kier molecular flexibility index (Phi) is 16.4. The van der Waals surface area contributed by atoms with Crippen LogP contribution in [-0.4, -0.2) is 31.1 Å². The molecule has 1 N–H and O–H groups in total. The molecule has 0 aromatic heterocycles. The summed E-state index contributed by atoms with van der Waals surface area (Å²) in [5, 5.41) is 3.66. The molecular formula is C20H43N2+. The molecule has 0 rings (SSSR count). The van der Waals surface area contributed by atoms with Gasteiger partial charge in [-0.1, -0.05) is 78.1 Å². The summed E-state index contributed by atoms with van der Waals surface area (Å²) in [4.78, 5) is 0. The van der Waals surface area contributed by atoms with Crippen molar-refractivity contribution >= 4 is 5.84 Å². The van der Waals surface area contributed by atoms with Crippen LogP contribution in [0.15, 0.2) is 0 Å². The minimum Gasteiger partial charge on any atom is -0.278 e. The van der Waals surface area contributed by atoms with Crippen molar-refractivity contribution in [3.05, 3.63) is 0 Å². The van der Waals surface area contributed by atoms with Crippen LogP contribution in [0.2, 0.25) is 0 Å². The number of unbranched alkanes of at least 4 members (excludes halogenated alkanes) is 11. The Labute approximate surface area is 140 Å². The Hall–Kier alpha value is -0.530. The van der Waals surface area contributed by atoms with E-state index in [1.54, 1.807) is 0 Å². The SMILES string of the molecule is CCCCCCCCCC(NCCCCCCCC)=[N+](C)C. The average Bonchev–Trinajstić information content (AvgIpc) is 2.50. The highest BCUT2D eigenvalue weighted by molar-refractivity contribution is 5.77. The predicted octanol–water partition coefficient (Wildman–Crippen LogP) is 5.75. The third-order valence-corrected chi connectivity index (χ3v) is 4.42. The molecule has 0 spiro atoms. The first-order valence-corrected chi connectivity index (χ1v) is 9.99. The molecule has 0 aliphatic heterocycles. The van der Waals surface area contributed by atoms with Crippen LogP contribution < -0.4 is 5.32 Å². The van der Waals surface area contributed by atoms with Crippen LogP contribution in [0, 0.1) is 0 Å². The minimum absolute atomic E-state index is 1.15. The summed E-state index contributed by atoms with van der Waals surface area (Å²) in [6.07, 6.45) is 19.2. The number of rotatable bonds is 15. The Morgan fingerprint density at radius 1 is 0.636 bits per heavy atom. The van der Waals surface area contributed by atoms with Gasteiger partial charge in [-0.25, -0.2) is 0 Å². The molecule has 0 saturated heterocycles. The summed E-state index contributed by atoms with van der Waals surface area (Å²) in [6, 6.07) is 0. The molecule has 0 aliphatic rings. The summed E-state index contributed by atoms with van der Waals surface area (Å²) in [6.45, 7) is 5.72. The van der Waals surface area contributed by atoms with Crippen LogP contribution in [0.3, 0.4) is 0 Å². The molecular weight excluding hydrogens is 268 g/mol. The summed E-state index contributed by atoms with van der Waals surface area (Å²) < 4.78 is 2.27. The fraction of sp³-hybridized carbons (Fsp3) is 0.950. The molecule has 22 heavy (non-hydrogen) atoms. The lowest BCUT2D eigenvalue weighted by molar-refractivity contribution is -0.468. The molecule has 0 fully saturated rings. The Bertz CT molecular complexity index is 234. The molecule has 0 aromatic carbocycles. The fourth-order valence-corrected chi connectivity index (χ4v) is 2.86. The van der Waals surface area contributed by atoms with Crippen LogP contribution in [0.1, 0.15) is 104 Å². The summed E-state index contributed by atoms with van der Waals surface area (Å²) in [7, 11) is 4.34. The number of nitrogens with one attached hydrogen (secondary N) is 1. The summed E-state index contributed by atoms with van der Waals surface area (Å²) in [5.74, 6) is 1.43. The van der Waals surface area contributed by atoms with Gasteiger partial charge < -0.3 is 0 Å². The van der Waals surface area contributed by atoms with Crippen molar-refractivity contribution in [1.29, 1.82) is 0 Å². The van der Waals surface area contributed by atoms with Crippen LogP contribution in [0.4, 0.5) is 0 Å². The van der Waals surface area contributed by atoms with E-state index in [0.717, 1.165) is 6.54 Å². The van der Waals surface area contributed by atoms with Gasteiger partial charge in [0.15, 0.2) is 0 Å². The maximum atomic E-state index is 3.66. The fourth-order valence-electron chi connectivity index (χ4n) is 2.86. The van der Waals surface area contributed by atoms with E-state index in [4.69, 9.17) is 0 Å². The van der Waals surface area contributed by atoms with Crippen molar-refractivity contribution in [1.82, 2.24) is 5.32 Å². The second-order valence-electron chi connectivity index (χ2n) is 6.91. The first-order chi connectivity index (χ1) is 10.7. The van der Waals surface area contributed by atoms with Crippen molar-refractivity contribution < 1.29 is 4.58 Å². The van der Waals surface area contributed by atoms with Gasteiger partial charge in [-0.15, -0.1) is 0 Å². The van der Waals surface area contributed by atoms with Gasteiger partial charge in [0.2, 0.25) is 5.84 Å². The Morgan fingerprint density at radius 3 is 1.59 bits per heavy atom. The van der Waals surface area contributed by atoms with E-state index in [2.05, 4.69) is 37.8 Å². The molecule has 0 heterocycles. The van der Waals surface area contributed by atoms with Crippen LogP contribution in [0.25, 0.3) is 0 Å². The molecule has 0 aromatic rings. The second-order valence-corrected chi connectivity index (χ2v) is 6.91. The molecule has 0 radical (unpaired) electrons. The van der Waals surface area contributed by atoms with E-state index < -0.39 is 0 Å². The van der Waals surface area contributed by atoms with E-state index >= 15 is 0 Å². The zero-order valence-electron chi connectivity index (χ0n) is 16.1. The molecule has 2 heteroatoms. The third-order valence-electron chi connectivity index (χ3n) is 4.42. The van der Waals surface area contributed by atoms with Crippen LogP contribution in [0.5, 0.6) is 0 Å². The van der Waals surface area contributed by atoms with Gasteiger partial charge in [0.25, 0.3) is 0 Å². The summed E-state index contributed by atoms with van der Waals surface area (Å²) in [5.41, 5.74) is 0. The predicted molar refractivity (Wildman–Crippen MR) is 101 cm³/mol. The highest BCUT2D eigenvalue weighted by Gasteiger charge is 2.07. The van der Waals surface area contributed by atoms with E-state index in [0.29, 0.717) is 0 Å². The first kappa shape index (κ1) is 21.5. The lowest BCUT2D eigenvalue weighted by Crippen LogP contribution is -2.31. The highest BCUT2D eigenvalue weighted by Crippen LogP contribution is 2.08. The Balaban J connectivity index is 3.57. The number of hydrogen-bond donors (Lipinski definition) is 1. The van der Waals surface area contributed by atoms with Crippen LogP contribution >= 0.6 is 0 Å². The zero-order chi connectivity index (χ0) is 16.5. The maximum absolute atomic E-state index is 3.66. The van der Waals surface area contributed by atoms with E-state index in [-0.39, 0.29) is 0 Å². The largest absolute Gasteiger partial charge is 0.278 e. The van der Waals surface area contributed by atoms with Gasteiger partial charge in [0, 0.05) is 6.42 Å². The van der Waals surface area contributed by atoms with E-state index in [9.17, 15) is 0 Å². The minimum atomic E-state index is 1.15. The van der Waals surface area contributed by atoms with Crippen molar-refractivity contribution in [3.8, 4) is 0 Å². The number of nitrogens with zero attached hydrogens (tertiary/aromatic N) is 1. The molecule has 132 valence electrons. The smallest absolute Gasteiger partial charge is 0.244 e. The van der Waals surface area contributed by atoms with Gasteiger partial charge >= 0.3 is 0 Å². The van der Waals surface area contributed by atoms with Gasteiger partial charge in [-0.05, 0) is 19.3 Å². The number of hydrogen-bond acceptors (Lipinski definition) is 0. The topological polar surface area (TPSA) is 15.0 Å². The Morgan fingerprint density at radius 2 is 1.09 bits per heavy atom. The third kappa shape index (κ3) is 14.4. The van der Waals surface area contributed by atoms with Gasteiger partial charge in [-0.3, -0.25) is 9.89 Å². The van der Waals surface area contributed by atoms with Crippen molar-refractivity contribution in [3.63, 3.8) is 0 Å². The van der Waals surface area contributed by atoms with Crippen LogP contribution in [-0.2, 0) is 0 Å². The molecule has 2 nitrogen and oxygen atoms in total. The average molecular weight is 312 g/mol. The quantitative estimate of drug-likeness (QED) is 0.176. The van der Waals surface area contributed by atoms with Gasteiger partial charge in [-0.2, -0.15) is 0 Å². The molecule has 0 amide bonds. The first-order valence-electron chi connectivity index (χ1n) is 9.99. The van der Waals surface area contributed by atoms with E-state index in [1.165, 1.54) is 95.7 Å². The standard InChI is InChI=1S/C20H42N2/c1-5-7-9-11-13-14-16-18-20(22(3)4)21-19-17-15-12-10-8-6-2/h5-19H2,1-4H3/p+1. The van der Waals surface area contributed by atoms with Gasteiger partial charge in [0.1, 0.15) is 0 Å². The van der Waals surface area contributed by atoms with Gasteiger partial charge in [0.05, 0.1) is 20.6 Å². The molecule has 0 saturated carbocycles. The lowest BCUT2D eigenvalue weighted by atomic mass is 10.1. The lowest BCUT2D eigenvalue weighted by Gasteiger charge is -2.07. The zero-order valence-corrected chi connectivity index (χ0v) is 16.1. The molecule has 0 aliphatic carbocycles. The number of amidine groups is 1. The second kappa shape index (κ2) is 16.8. The van der Waals surface area contributed by atoms with Crippen molar-refractivity contribution in [2.45, 2.75) is 104 Å². The molecule has 0 bridgehead atoms. The monoisotopic (exact) mass is 311 g/mol. The highest BCUT2D eigenvalue weighted by atomic mass is 15.1. The normalized spacial score (nSPS) is 10.7. The summed E-state index contributed by atoms with van der Waals surface area (Å²) >= 11 is 0. The van der Waals surface area contributed by atoms with Crippen molar-refractivity contribution in [2.24, 2.45) is 0 Å². The maximum Gasteiger partial charge on any atom is 0.244 e. The van der Waals surface area contributed by atoms with Crippen molar-refractivity contribution in [2.75, 3.05) is 20.6 Å². The van der Waals surface area contributed by atoms with E-state index in [1.807, 2.05) is 0 Å². The molecule has 0 unspecified atom stereocenters.